The normalized spacial score (nSPS) is 5.67. The molecule has 0 radical (unpaired) electrons. The van der Waals surface area contributed by atoms with E-state index in [1.54, 1.807) is 0 Å². The molecule has 0 aromatic rings. The van der Waals surface area contributed by atoms with Crippen molar-refractivity contribution in [2.45, 2.75) is 0 Å². The smallest absolute Gasteiger partial charge is 0.254 e. The second kappa shape index (κ2) is 8.94. The van der Waals surface area contributed by atoms with Crippen LogP contribution in [0, 0.1) is 0 Å². The van der Waals surface area contributed by atoms with Crippen molar-refractivity contribution in [3.63, 3.8) is 0 Å². The Bertz CT molecular complexity index is 59.2. The van der Waals surface area contributed by atoms with Crippen molar-refractivity contribution in [1.82, 2.24) is 6.15 Å². The molecule has 0 spiro atoms. The second-order valence-corrected chi connectivity index (χ2v) is 0.714. The maximum atomic E-state index is 8.59. The molecule has 0 amide bonds. The van der Waals surface area contributed by atoms with Crippen LogP contribution in [0.15, 0.2) is 0 Å². The van der Waals surface area contributed by atoms with Crippen LogP contribution in [0.25, 0.3) is 0 Å². The Balaban J connectivity index is -0.0000000450. The van der Waals surface area contributed by atoms with Crippen LogP contribution in [-0.2, 0) is 11.0 Å². The Morgan fingerprint density at radius 3 is 1.33 bits per heavy atom. The Kier molecular flexibility index (Phi) is 24.5. The SMILES string of the molecule is Cl.N.O=[SH](=O)O. The van der Waals surface area contributed by atoms with Gasteiger partial charge in [0.05, 0.1) is 0 Å². The summed E-state index contributed by atoms with van der Waals surface area (Å²) in [5.41, 5.74) is 0. The summed E-state index contributed by atoms with van der Waals surface area (Å²) in [4.78, 5) is 0. The van der Waals surface area contributed by atoms with Crippen molar-refractivity contribution in [3.8, 4) is 0 Å². The van der Waals surface area contributed by atoms with Crippen LogP contribution < -0.4 is 6.15 Å². The summed E-state index contributed by atoms with van der Waals surface area (Å²) in [6.45, 7) is 0. The molecule has 0 bridgehead atoms. The summed E-state index contributed by atoms with van der Waals surface area (Å²) < 4.78 is 24.2. The molecule has 0 heterocycles. The van der Waals surface area contributed by atoms with Crippen LogP contribution in [0.3, 0.4) is 0 Å². The lowest BCUT2D eigenvalue weighted by Crippen LogP contribution is -1.58. The molecule has 42 valence electrons. The fourth-order valence-corrected chi connectivity index (χ4v) is 0. The second-order valence-electron chi connectivity index (χ2n) is 0.238. The van der Waals surface area contributed by atoms with Gasteiger partial charge in [-0.1, -0.05) is 0 Å². The van der Waals surface area contributed by atoms with E-state index in [4.69, 9.17) is 13.0 Å². The van der Waals surface area contributed by atoms with Gasteiger partial charge in [0.1, 0.15) is 0 Å². The van der Waals surface area contributed by atoms with Crippen molar-refractivity contribution in [2.75, 3.05) is 0 Å². The Morgan fingerprint density at radius 1 is 1.33 bits per heavy atom. The molecule has 0 aromatic heterocycles. The molecule has 6 heavy (non-hydrogen) atoms. The van der Waals surface area contributed by atoms with Crippen LogP contribution in [0.2, 0.25) is 0 Å². The first kappa shape index (κ1) is 16.4. The summed E-state index contributed by atoms with van der Waals surface area (Å²) in [6.07, 6.45) is 0. The van der Waals surface area contributed by atoms with Gasteiger partial charge in [-0.3, -0.25) is 4.55 Å². The topological polar surface area (TPSA) is 89.4 Å². The van der Waals surface area contributed by atoms with Crippen molar-refractivity contribution in [3.05, 3.63) is 0 Å². The molecule has 0 unspecified atom stereocenters. The Hall–Kier alpha value is 0.160. The number of hydrogen-bond acceptors (Lipinski definition) is 3. The fraction of sp³-hybridized carbons (Fsp3) is 0. The fourth-order valence-electron chi connectivity index (χ4n) is 0. The minimum atomic E-state index is -3.12. The molecule has 0 rings (SSSR count). The molecule has 4 N–H and O–H groups in total. The molecule has 4 nitrogen and oxygen atoms in total. The van der Waals surface area contributed by atoms with Gasteiger partial charge in [0.25, 0.3) is 11.0 Å². The Labute approximate surface area is 43.3 Å². The van der Waals surface area contributed by atoms with Gasteiger partial charge in [0.2, 0.25) is 0 Å². The van der Waals surface area contributed by atoms with Gasteiger partial charge in [-0.25, -0.2) is 8.42 Å². The predicted molar refractivity (Wildman–Crippen MR) is 25.2 cm³/mol. The highest BCUT2D eigenvalue weighted by Gasteiger charge is 1.44. The molecule has 0 saturated carbocycles. The van der Waals surface area contributed by atoms with Crippen LogP contribution in [0.4, 0.5) is 0 Å². The molecule has 0 atom stereocenters. The third-order valence-corrected chi connectivity index (χ3v) is 0. The zero-order valence-electron chi connectivity index (χ0n) is 2.83. The van der Waals surface area contributed by atoms with Gasteiger partial charge in [-0.2, -0.15) is 0 Å². The highest BCUT2D eigenvalue weighted by Crippen LogP contribution is 1.27. The van der Waals surface area contributed by atoms with Gasteiger partial charge in [-0.05, 0) is 0 Å². The lowest BCUT2D eigenvalue weighted by molar-refractivity contribution is 0.509. The molecule has 0 aromatic carbocycles. The molecule has 0 saturated heterocycles. The maximum absolute atomic E-state index is 8.59. The highest BCUT2D eigenvalue weighted by molar-refractivity contribution is 7.66. The van der Waals surface area contributed by atoms with E-state index >= 15 is 0 Å². The van der Waals surface area contributed by atoms with E-state index in [-0.39, 0.29) is 18.6 Å². The van der Waals surface area contributed by atoms with Crippen LogP contribution in [0.5, 0.6) is 0 Å². The third kappa shape index (κ3) is 1620. The molecule has 0 aliphatic carbocycles. The first-order valence-corrected chi connectivity index (χ1v) is 1.70. The molecular formula is H6ClNO3S. The third-order valence-electron chi connectivity index (χ3n) is 0. The summed E-state index contributed by atoms with van der Waals surface area (Å²) in [5, 5.41) is 0. The molecule has 0 aliphatic heterocycles. The monoisotopic (exact) mass is 135 g/mol. The zero-order chi connectivity index (χ0) is 3.58. The van der Waals surface area contributed by atoms with Gasteiger partial charge in [0.15, 0.2) is 0 Å². The van der Waals surface area contributed by atoms with Crippen molar-refractivity contribution in [1.29, 1.82) is 0 Å². The number of halogens is 1. The largest absolute Gasteiger partial charge is 0.344 e. The highest BCUT2D eigenvalue weighted by atomic mass is 35.5. The van der Waals surface area contributed by atoms with E-state index in [2.05, 4.69) is 0 Å². The van der Waals surface area contributed by atoms with Gasteiger partial charge >= 0.3 is 0 Å². The van der Waals surface area contributed by atoms with E-state index in [0.717, 1.165) is 0 Å². The van der Waals surface area contributed by atoms with E-state index in [0.29, 0.717) is 0 Å². The number of rotatable bonds is 0. The standard InChI is InChI=1S/ClH.H3N.H2O3S/c;;1-4(2)3/h1H;1H3;4H,(H,1,2,3). The molecule has 6 heteroatoms. The summed E-state index contributed by atoms with van der Waals surface area (Å²) in [5.74, 6) is 0. The summed E-state index contributed by atoms with van der Waals surface area (Å²) in [6, 6.07) is 0. The maximum Gasteiger partial charge on any atom is 0.254 e. The predicted octanol–water partition coefficient (Wildman–Crippen LogP) is -0.345. The molecule has 0 aliphatic rings. The quantitative estimate of drug-likeness (QED) is 0.313. The Morgan fingerprint density at radius 2 is 1.33 bits per heavy atom. The van der Waals surface area contributed by atoms with Gasteiger partial charge in [0, 0.05) is 0 Å². The van der Waals surface area contributed by atoms with Crippen LogP contribution in [0.1, 0.15) is 0 Å². The summed E-state index contributed by atoms with van der Waals surface area (Å²) in [7, 11) is -3.12. The van der Waals surface area contributed by atoms with Gasteiger partial charge < -0.3 is 6.15 Å². The number of hydrogen-bond donors (Lipinski definition) is 3. The lowest BCUT2D eigenvalue weighted by atomic mass is 14.0. The minimum Gasteiger partial charge on any atom is -0.344 e. The van der Waals surface area contributed by atoms with E-state index in [9.17, 15) is 0 Å². The zero-order valence-corrected chi connectivity index (χ0v) is 4.54. The average Bonchev–Trinajstić information content (AvgIpc) is 0.811. The molecular weight excluding hydrogens is 130 g/mol. The minimum absolute atomic E-state index is 0. The lowest BCUT2D eigenvalue weighted by Gasteiger charge is -1.43. The average molecular weight is 136 g/mol. The van der Waals surface area contributed by atoms with E-state index in [1.807, 2.05) is 0 Å². The van der Waals surface area contributed by atoms with Crippen molar-refractivity contribution in [2.24, 2.45) is 0 Å². The molecule has 0 fully saturated rings. The number of thiol groups is 1. The first-order chi connectivity index (χ1) is 1.73. The van der Waals surface area contributed by atoms with Gasteiger partial charge in [-0.15, -0.1) is 12.4 Å². The van der Waals surface area contributed by atoms with Crippen LogP contribution in [-0.4, -0.2) is 13.0 Å². The van der Waals surface area contributed by atoms with E-state index in [1.165, 1.54) is 0 Å². The van der Waals surface area contributed by atoms with E-state index < -0.39 is 11.0 Å². The van der Waals surface area contributed by atoms with Crippen LogP contribution >= 0.6 is 12.4 Å². The first-order valence-electron chi connectivity index (χ1n) is 0.565. The van der Waals surface area contributed by atoms with Crippen molar-refractivity contribution < 1.29 is 13.0 Å². The summed E-state index contributed by atoms with van der Waals surface area (Å²) >= 11 is 0. The van der Waals surface area contributed by atoms with Crippen molar-refractivity contribution >= 4 is 23.4 Å².